The number of allylic oxidation sites excluding steroid dienone is 4. The minimum Gasteiger partial charge on any atom is -0.505 e. The first-order chi connectivity index (χ1) is 33.7. The van der Waals surface area contributed by atoms with Gasteiger partial charge in [0, 0.05) is 25.0 Å². The lowest BCUT2D eigenvalue weighted by Crippen LogP contribution is -2.64. The molecule has 0 unspecified atom stereocenters. The molecule has 3 aliphatic heterocycles. The van der Waals surface area contributed by atoms with Crippen LogP contribution in [0.5, 0.6) is 11.5 Å². The van der Waals surface area contributed by atoms with Gasteiger partial charge in [-0.05, 0) is 78.5 Å². The van der Waals surface area contributed by atoms with Crippen molar-refractivity contribution in [2.45, 2.75) is 174 Å². The minimum absolute atomic E-state index is 0.0465. The Kier molecular flexibility index (Phi) is 22.1. The number of carbonyl (C=O) groups excluding carboxylic acids is 3. The van der Waals surface area contributed by atoms with Gasteiger partial charge in [-0.25, -0.2) is 9.59 Å². The van der Waals surface area contributed by atoms with Gasteiger partial charge < -0.3 is 73.6 Å². The van der Waals surface area contributed by atoms with Crippen molar-refractivity contribution in [3.05, 3.63) is 86.5 Å². The van der Waals surface area contributed by atoms with Gasteiger partial charge in [-0.15, -0.1) is 0 Å². The summed E-state index contributed by atoms with van der Waals surface area (Å²) >= 11 is 12.2. The lowest BCUT2D eigenvalue weighted by Gasteiger charge is -2.47. The number of rotatable bonds is 13. The Morgan fingerprint density at radius 3 is 2.21 bits per heavy atom. The van der Waals surface area contributed by atoms with Crippen LogP contribution in [0.25, 0.3) is 6.08 Å². The van der Waals surface area contributed by atoms with Gasteiger partial charge in [0.2, 0.25) is 0 Å². The third-order valence-corrected chi connectivity index (χ3v) is 13.5. The second-order valence-corrected chi connectivity index (χ2v) is 19.9. The van der Waals surface area contributed by atoms with Crippen molar-refractivity contribution in [1.29, 1.82) is 0 Å². The number of benzene rings is 1. The first kappa shape index (κ1) is 60.4. The predicted molar refractivity (Wildman–Crippen MR) is 266 cm³/mol. The Hall–Kier alpha value is -4.15. The van der Waals surface area contributed by atoms with Crippen LogP contribution in [0.15, 0.2) is 65.3 Å². The number of cyclic esters (lactones) is 1. The average molecular weight is 1060 g/mol. The number of aliphatic hydroxyl groups excluding tert-OH is 5. The first-order valence-corrected chi connectivity index (χ1v) is 24.6. The monoisotopic (exact) mass is 1050 g/mol. The summed E-state index contributed by atoms with van der Waals surface area (Å²) in [7, 11) is 1.25. The SMILES string of the molecule is C=Cc1c(Cl)c(O)c(Cl)c(O)c1C(=O)O[C@H]1[C@H](O)[C@H](OC)[C@H](OC/C2=C\C=C\C[C@H](O)/C(C)=C/[C@H](CC)[C@@H](O[C@@H]3OC(C)(C)[C@@H](OC(=O)C(C)C)[C@H](O)[C@@H]3O)/C(C)=C/C(C)=C/C[C@@H]([C@@H](C)O)OC2=O)O[C@@H]1C. The summed E-state index contributed by atoms with van der Waals surface area (Å²) in [6, 6.07) is 0. The summed E-state index contributed by atoms with van der Waals surface area (Å²) in [4.78, 5) is 39.9. The number of hydrogen-bond acceptors (Lipinski definition) is 18. The molecule has 0 aliphatic carbocycles. The smallest absolute Gasteiger partial charge is 0.343 e. The zero-order chi connectivity index (χ0) is 54.1. The Labute approximate surface area is 431 Å². The zero-order valence-electron chi connectivity index (χ0n) is 42.6. The summed E-state index contributed by atoms with van der Waals surface area (Å²) in [5, 5.41) is 76.2. The molecule has 0 aromatic heterocycles. The van der Waals surface area contributed by atoms with Crippen molar-refractivity contribution >= 4 is 47.2 Å². The van der Waals surface area contributed by atoms with E-state index in [1.165, 1.54) is 33.1 Å². The first-order valence-electron chi connectivity index (χ1n) is 23.8. The number of methoxy groups -OCH3 is 1. The Morgan fingerprint density at radius 2 is 1.61 bits per heavy atom. The maximum Gasteiger partial charge on any atom is 0.343 e. The Balaban J connectivity index is 1.61. The highest BCUT2D eigenvalue weighted by atomic mass is 35.5. The number of aliphatic hydroxyl groups is 5. The summed E-state index contributed by atoms with van der Waals surface area (Å²) in [6.07, 6.45) is -4.64. The summed E-state index contributed by atoms with van der Waals surface area (Å²) < 4.78 is 47.4. The van der Waals surface area contributed by atoms with Gasteiger partial charge in [0.1, 0.15) is 46.7 Å². The molecule has 14 atom stereocenters. The molecular formula is C52H72Cl2O18. The van der Waals surface area contributed by atoms with E-state index in [1.54, 1.807) is 53.7 Å². The van der Waals surface area contributed by atoms with Crippen molar-refractivity contribution in [1.82, 2.24) is 0 Å². The number of phenolic OH excluding ortho intramolecular Hbond substituents is 2. The van der Waals surface area contributed by atoms with Crippen LogP contribution < -0.4 is 0 Å². The topological polar surface area (TPSA) is 267 Å². The number of hydrogen-bond donors (Lipinski definition) is 7. The number of phenols is 2. The Bertz CT molecular complexity index is 2250. The molecule has 402 valence electrons. The molecule has 0 bridgehead atoms. The third kappa shape index (κ3) is 14.6. The highest BCUT2D eigenvalue weighted by Crippen LogP contribution is 2.45. The van der Waals surface area contributed by atoms with Gasteiger partial charge in [0.25, 0.3) is 0 Å². The van der Waals surface area contributed by atoms with Crippen LogP contribution in [0.1, 0.15) is 104 Å². The van der Waals surface area contributed by atoms with Crippen molar-refractivity contribution in [3.63, 3.8) is 0 Å². The minimum atomic E-state index is -1.61. The van der Waals surface area contributed by atoms with Gasteiger partial charge in [0.05, 0.1) is 47.5 Å². The number of aromatic hydroxyl groups is 2. The molecule has 4 rings (SSSR count). The van der Waals surface area contributed by atoms with E-state index in [9.17, 15) is 50.1 Å². The molecule has 3 aliphatic rings. The second-order valence-electron chi connectivity index (χ2n) is 19.2. The van der Waals surface area contributed by atoms with Crippen molar-refractivity contribution in [3.8, 4) is 11.5 Å². The molecule has 0 saturated carbocycles. The number of carbonyl (C=O) groups is 3. The van der Waals surface area contributed by atoms with Crippen LogP contribution in [0, 0.1) is 11.8 Å². The summed E-state index contributed by atoms with van der Waals surface area (Å²) in [5.41, 5.74) is -0.0597. The van der Waals surface area contributed by atoms with Crippen molar-refractivity contribution in [2.24, 2.45) is 11.8 Å². The lowest BCUT2D eigenvalue weighted by molar-refractivity contribution is -0.333. The fourth-order valence-electron chi connectivity index (χ4n) is 8.42. The average Bonchev–Trinajstić information content (AvgIpc) is 3.32. The maximum absolute atomic E-state index is 13.9. The molecule has 1 aromatic carbocycles. The van der Waals surface area contributed by atoms with Crippen LogP contribution in [0.3, 0.4) is 0 Å². The summed E-state index contributed by atoms with van der Waals surface area (Å²) in [6.45, 7) is 19.9. The number of esters is 3. The fourth-order valence-corrected chi connectivity index (χ4v) is 8.92. The normalized spacial score (nSPS) is 34.8. The molecule has 18 nitrogen and oxygen atoms in total. The van der Waals surface area contributed by atoms with Gasteiger partial charge in [0.15, 0.2) is 36.3 Å². The van der Waals surface area contributed by atoms with E-state index in [0.717, 1.165) is 6.08 Å². The molecule has 2 saturated heterocycles. The van der Waals surface area contributed by atoms with Gasteiger partial charge in [-0.1, -0.05) is 92.6 Å². The molecule has 72 heavy (non-hydrogen) atoms. The molecule has 1 aromatic rings. The zero-order valence-corrected chi connectivity index (χ0v) is 44.1. The largest absolute Gasteiger partial charge is 0.505 e. The van der Waals surface area contributed by atoms with Crippen LogP contribution in [-0.4, -0.2) is 153 Å². The molecule has 0 amide bonds. The molecular weight excluding hydrogens is 983 g/mol. The van der Waals surface area contributed by atoms with E-state index >= 15 is 0 Å². The predicted octanol–water partition coefficient (Wildman–Crippen LogP) is 6.32. The van der Waals surface area contributed by atoms with Crippen LogP contribution >= 0.6 is 23.2 Å². The quantitative estimate of drug-likeness (QED) is 0.0648. The highest BCUT2D eigenvalue weighted by Gasteiger charge is 2.53. The second kappa shape index (κ2) is 26.4. The van der Waals surface area contributed by atoms with Crippen LogP contribution in [0.4, 0.5) is 0 Å². The fraction of sp³-hybridized carbons (Fsp3) is 0.596. The molecule has 7 N–H and O–H groups in total. The number of halogens is 2. The van der Waals surface area contributed by atoms with Crippen molar-refractivity contribution < 1.29 is 88.0 Å². The standard InChI is InChI=1S/C52H72Cl2O18/c1-13-30-22-26(6)33(56)18-16-15-17-31(23-66-51-45(65-12)42(61)44(29(9)67-51)69-49(64)35-32(14-2)36(53)39(58)37(54)38(35)57)48(63)68-34(28(8)55)20-19-25(5)21-27(7)43(30)70-50-41(60)40(59)46(52(10,11)72-50)71-47(62)24(3)4/h14-17,19,21-22,24,28-30,33-34,40-46,50-51,55-61H,2,13,18,20,23H2,1,3-12H3/b16-15+,25-19+,26-22+,27-21+,31-17+/t28-,29-,30+,33+,34+,40-,41+,42+,43+,44-,45+,46+,50-,51-/m1/s1. The van der Waals surface area contributed by atoms with E-state index in [1.807, 2.05) is 26.0 Å². The molecule has 20 heteroatoms. The maximum atomic E-state index is 13.9. The molecule has 3 heterocycles. The van der Waals surface area contributed by atoms with Crippen molar-refractivity contribution in [2.75, 3.05) is 13.7 Å². The van der Waals surface area contributed by atoms with Gasteiger partial charge in [-0.2, -0.15) is 0 Å². The molecule has 0 spiro atoms. The van der Waals surface area contributed by atoms with E-state index in [2.05, 4.69) is 6.58 Å². The lowest BCUT2D eigenvalue weighted by atomic mass is 9.88. The van der Waals surface area contributed by atoms with E-state index < -0.39 is 144 Å². The highest BCUT2D eigenvalue weighted by molar-refractivity contribution is 6.40. The Morgan fingerprint density at radius 1 is 0.944 bits per heavy atom. The third-order valence-electron chi connectivity index (χ3n) is 12.8. The van der Waals surface area contributed by atoms with Gasteiger partial charge in [-0.3, -0.25) is 4.79 Å². The van der Waals surface area contributed by atoms with E-state index in [-0.39, 0.29) is 29.0 Å². The van der Waals surface area contributed by atoms with Gasteiger partial charge >= 0.3 is 17.9 Å². The van der Waals surface area contributed by atoms with Crippen LogP contribution in [0.2, 0.25) is 10.0 Å². The van der Waals surface area contributed by atoms with E-state index in [0.29, 0.717) is 23.1 Å². The van der Waals surface area contributed by atoms with E-state index in [4.69, 9.17) is 61.1 Å². The molecule has 0 radical (unpaired) electrons. The van der Waals surface area contributed by atoms with Crippen LogP contribution in [-0.2, 0) is 47.5 Å². The number of ether oxygens (including phenoxy) is 8. The molecule has 2 fully saturated rings. The summed E-state index contributed by atoms with van der Waals surface area (Å²) in [5.74, 6) is -5.01.